The molecule has 134 valence electrons. The minimum Gasteiger partial charge on any atom is -0.481 e. The quantitative estimate of drug-likeness (QED) is 0.859. The van der Waals surface area contributed by atoms with Crippen LogP contribution in [-0.4, -0.2) is 29.3 Å². The predicted octanol–water partition coefficient (Wildman–Crippen LogP) is 3.75. The van der Waals surface area contributed by atoms with Crippen LogP contribution in [-0.2, 0) is 21.4 Å². The lowest BCUT2D eigenvalue weighted by Gasteiger charge is -2.21. The predicted molar refractivity (Wildman–Crippen MR) is 94.2 cm³/mol. The molecule has 1 unspecified atom stereocenters. The van der Waals surface area contributed by atoms with E-state index in [4.69, 9.17) is 4.74 Å². The number of benzene rings is 1. The minimum atomic E-state index is -0.939. The van der Waals surface area contributed by atoms with Gasteiger partial charge in [0, 0.05) is 6.54 Å². The van der Waals surface area contributed by atoms with Crippen LogP contribution in [0.25, 0.3) is 0 Å². The molecule has 2 N–H and O–H groups in total. The SMILES string of the molecule is CC(C)(C)OC(=O)NCC(Cc1ccc(C(C)(C)C)cc1)C(=O)O. The van der Waals surface area contributed by atoms with Crippen molar-refractivity contribution in [3.8, 4) is 0 Å². The van der Waals surface area contributed by atoms with Gasteiger partial charge in [-0.25, -0.2) is 4.79 Å². The third-order valence-electron chi connectivity index (χ3n) is 3.54. The molecule has 24 heavy (non-hydrogen) atoms. The van der Waals surface area contributed by atoms with E-state index in [2.05, 4.69) is 26.1 Å². The molecular weight excluding hydrogens is 306 g/mol. The van der Waals surface area contributed by atoms with Crippen LogP contribution in [0, 0.1) is 5.92 Å². The van der Waals surface area contributed by atoms with Crippen LogP contribution in [0.1, 0.15) is 52.7 Å². The smallest absolute Gasteiger partial charge is 0.407 e. The van der Waals surface area contributed by atoms with E-state index in [1.807, 2.05) is 24.3 Å². The molecule has 0 bridgehead atoms. The highest BCUT2D eigenvalue weighted by Crippen LogP contribution is 2.23. The Balaban J connectivity index is 2.67. The van der Waals surface area contributed by atoms with Crippen molar-refractivity contribution >= 4 is 12.1 Å². The van der Waals surface area contributed by atoms with Crippen molar-refractivity contribution in [3.63, 3.8) is 0 Å². The Hall–Kier alpha value is -2.04. The van der Waals surface area contributed by atoms with Gasteiger partial charge in [-0.15, -0.1) is 0 Å². The van der Waals surface area contributed by atoms with Gasteiger partial charge in [-0.1, -0.05) is 45.0 Å². The molecule has 0 aliphatic rings. The number of alkyl carbamates (subject to hydrolysis) is 1. The molecule has 1 aromatic carbocycles. The Morgan fingerprint density at radius 2 is 1.62 bits per heavy atom. The van der Waals surface area contributed by atoms with Gasteiger partial charge in [0.2, 0.25) is 0 Å². The summed E-state index contributed by atoms with van der Waals surface area (Å²) in [6.07, 6.45) is -0.243. The molecule has 0 saturated carbocycles. The molecule has 1 aromatic rings. The van der Waals surface area contributed by atoms with Gasteiger partial charge in [0.15, 0.2) is 0 Å². The maximum Gasteiger partial charge on any atom is 0.407 e. The maximum absolute atomic E-state index is 11.7. The molecule has 0 radical (unpaired) electrons. The lowest BCUT2D eigenvalue weighted by molar-refractivity contribution is -0.141. The van der Waals surface area contributed by atoms with Crippen molar-refractivity contribution in [1.29, 1.82) is 0 Å². The first-order valence-corrected chi connectivity index (χ1v) is 8.17. The summed E-state index contributed by atoms with van der Waals surface area (Å²) in [5.41, 5.74) is 1.58. The van der Waals surface area contributed by atoms with Crippen LogP contribution in [0.15, 0.2) is 24.3 Å². The van der Waals surface area contributed by atoms with Gasteiger partial charge < -0.3 is 15.2 Å². The Morgan fingerprint density at radius 3 is 2.04 bits per heavy atom. The standard InChI is InChI=1S/C19H29NO4/c1-18(2,3)15-9-7-13(8-10-15)11-14(16(21)22)12-20-17(23)24-19(4,5)6/h7-10,14H,11-12H2,1-6H3,(H,20,23)(H,21,22). The molecule has 0 aromatic heterocycles. The lowest BCUT2D eigenvalue weighted by atomic mass is 9.86. The summed E-state index contributed by atoms with van der Waals surface area (Å²) in [6.45, 7) is 11.7. The molecule has 0 aliphatic heterocycles. The van der Waals surface area contributed by atoms with Crippen molar-refractivity contribution in [2.45, 2.75) is 59.0 Å². The molecule has 0 fully saturated rings. The Labute approximate surface area is 144 Å². The molecule has 0 spiro atoms. The second-order valence-electron chi connectivity index (χ2n) is 8.07. The van der Waals surface area contributed by atoms with E-state index in [0.29, 0.717) is 6.42 Å². The largest absolute Gasteiger partial charge is 0.481 e. The minimum absolute atomic E-state index is 0.0330. The summed E-state index contributed by atoms with van der Waals surface area (Å²) in [5, 5.41) is 11.9. The number of ether oxygens (including phenoxy) is 1. The van der Waals surface area contributed by atoms with E-state index in [0.717, 1.165) is 5.56 Å². The molecule has 0 heterocycles. The van der Waals surface area contributed by atoms with Gasteiger partial charge in [-0.3, -0.25) is 4.79 Å². The molecule has 5 heteroatoms. The molecule has 0 saturated heterocycles. The van der Waals surface area contributed by atoms with Gasteiger partial charge in [-0.05, 0) is 43.7 Å². The highest BCUT2D eigenvalue weighted by molar-refractivity contribution is 5.73. The van der Waals surface area contributed by atoms with E-state index in [-0.39, 0.29) is 12.0 Å². The first-order chi connectivity index (χ1) is 10.9. The monoisotopic (exact) mass is 335 g/mol. The maximum atomic E-state index is 11.7. The van der Waals surface area contributed by atoms with Gasteiger partial charge in [0.05, 0.1) is 5.92 Å². The summed E-state index contributed by atoms with van der Waals surface area (Å²) in [6, 6.07) is 7.94. The summed E-state index contributed by atoms with van der Waals surface area (Å²) in [7, 11) is 0. The van der Waals surface area contributed by atoms with Gasteiger partial charge >= 0.3 is 12.1 Å². The normalized spacial score (nSPS) is 13.2. The summed E-state index contributed by atoms with van der Waals surface area (Å²) in [5.74, 6) is -1.64. The van der Waals surface area contributed by atoms with E-state index >= 15 is 0 Å². The van der Waals surface area contributed by atoms with Crippen LogP contribution in [0.2, 0.25) is 0 Å². The molecular formula is C19H29NO4. The van der Waals surface area contributed by atoms with Crippen molar-refractivity contribution in [3.05, 3.63) is 35.4 Å². The average Bonchev–Trinajstić information content (AvgIpc) is 2.40. The Morgan fingerprint density at radius 1 is 1.08 bits per heavy atom. The van der Waals surface area contributed by atoms with E-state index < -0.39 is 23.6 Å². The fourth-order valence-electron chi connectivity index (χ4n) is 2.19. The number of carboxylic acids is 1. The third-order valence-corrected chi connectivity index (χ3v) is 3.54. The van der Waals surface area contributed by atoms with Crippen molar-refractivity contribution in [2.24, 2.45) is 5.92 Å². The second-order valence-corrected chi connectivity index (χ2v) is 8.07. The number of nitrogens with one attached hydrogen (secondary N) is 1. The van der Waals surface area contributed by atoms with Gasteiger partial charge in [0.1, 0.15) is 5.60 Å². The summed E-state index contributed by atoms with van der Waals surface area (Å²) in [4.78, 5) is 23.1. The number of aliphatic carboxylic acids is 1. The van der Waals surface area contributed by atoms with Crippen LogP contribution in [0.5, 0.6) is 0 Å². The molecule has 1 atom stereocenters. The molecule has 1 amide bonds. The Kier molecular flexibility index (Phi) is 6.41. The number of carboxylic acid groups (broad SMARTS) is 1. The molecule has 1 rings (SSSR count). The van der Waals surface area contributed by atoms with Crippen LogP contribution in [0.3, 0.4) is 0 Å². The average molecular weight is 335 g/mol. The number of amides is 1. The highest BCUT2D eigenvalue weighted by atomic mass is 16.6. The van der Waals surface area contributed by atoms with Crippen LogP contribution >= 0.6 is 0 Å². The van der Waals surface area contributed by atoms with Crippen molar-refractivity contribution in [2.75, 3.05) is 6.54 Å². The van der Waals surface area contributed by atoms with Crippen molar-refractivity contribution in [1.82, 2.24) is 5.32 Å². The third kappa shape index (κ3) is 7.02. The fourth-order valence-corrected chi connectivity index (χ4v) is 2.19. The first kappa shape index (κ1) is 20.0. The van der Waals surface area contributed by atoms with Gasteiger partial charge in [0.25, 0.3) is 0 Å². The number of hydrogen-bond acceptors (Lipinski definition) is 3. The van der Waals surface area contributed by atoms with Crippen molar-refractivity contribution < 1.29 is 19.4 Å². The Bertz CT molecular complexity index is 565. The number of carbonyl (C=O) groups excluding carboxylic acids is 1. The summed E-state index contributed by atoms with van der Waals surface area (Å²) < 4.78 is 5.13. The molecule has 5 nitrogen and oxygen atoms in total. The second kappa shape index (κ2) is 7.69. The van der Waals surface area contributed by atoms with Gasteiger partial charge in [-0.2, -0.15) is 0 Å². The van der Waals surface area contributed by atoms with Crippen LogP contribution in [0.4, 0.5) is 4.79 Å². The first-order valence-electron chi connectivity index (χ1n) is 8.17. The van der Waals surface area contributed by atoms with E-state index in [1.54, 1.807) is 20.8 Å². The summed E-state index contributed by atoms with van der Waals surface area (Å²) >= 11 is 0. The zero-order valence-electron chi connectivity index (χ0n) is 15.5. The van der Waals surface area contributed by atoms with E-state index in [1.165, 1.54) is 5.56 Å². The zero-order valence-corrected chi connectivity index (χ0v) is 15.5. The fraction of sp³-hybridized carbons (Fsp3) is 0.579. The van der Waals surface area contributed by atoms with E-state index in [9.17, 15) is 14.7 Å². The molecule has 0 aliphatic carbocycles. The zero-order chi connectivity index (χ0) is 18.5. The number of rotatable bonds is 5. The lowest BCUT2D eigenvalue weighted by Crippen LogP contribution is -2.37. The van der Waals surface area contributed by atoms with Crippen LogP contribution < -0.4 is 5.32 Å². The highest BCUT2D eigenvalue weighted by Gasteiger charge is 2.22. The topological polar surface area (TPSA) is 75.6 Å². The number of carbonyl (C=O) groups is 2. The number of hydrogen-bond donors (Lipinski definition) is 2.